The van der Waals surface area contributed by atoms with Crippen LogP contribution in [-0.4, -0.2) is 55.5 Å². The second-order valence-corrected chi connectivity index (χ2v) is 7.49. The van der Waals surface area contributed by atoms with Crippen LogP contribution in [0.4, 0.5) is 4.79 Å². The average Bonchev–Trinajstić information content (AvgIpc) is 3.05. The molecule has 0 spiro atoms. The monoisotopic (exact) mass is 426 g/mol. The van der Waals surface area contributed by atoms with Gasteiger partial charge in [0.1, 0.15) is 6.61 Å². The summed E-state index contributed by atoms with van der Waals surface area (Å²) in [5.74, 6) is -1.75. The Morgan fingerprint density at radius 2 is 1.58 bits per heavy atom. The molecule has 1 aliphatic carbocycles. The molecule has 8 nitrogen and oxygen atoms in total. The van der Waals surface area contributed by atoms with Crippen molar-refractivity contribution in [2.75, 3.05) is 20.3 Å². The fourth-order valence-electron chi connectivity index (χ4n) is 3.77. The summed E-state index contributed by atoms with van der Waals surface area (Å²) in [6.07, 6.45) is -0.716. The molecule has 2 amide bonds. The van der Waals surface area contributed by atoms with Crippen molar-refractivity contribution >= 4 is 18.0 Å². The smallest absolute Gasteiger partial charge is 0.407 e. The molecule has 0 heterocycles. The Morgan fingerprint density at radius 1 is 1.00 bits per heavy atom. The van der Waals surface area contributed by atoms with Crippen molar-refractivity contribution in [3.63, 3.8) is 0 Å². The zero-order chi connectivity index (χ0) is 22.4. The topological polar surface area (TPSA) is 114 Å². The Kier molecular flexibility index (Phi) is 7.25. The maximum Gasteiger partial charge on any atom is 0.407 e. The molecule has 0 aliphatic heterocycles. The maximum absolute atomic E-state index is 12.3. The first-order chi connectivity index (χ1) is 14.9. The van der Waals surface area contributed by atoms with Crippen LogP contribution in [-0.2, 0) is 19.1 Å². The summed E-state index contributed by atoms with van der Waals surface area (Å²) in [4.78, 5) is 35.4. The fraction of sp³-hybridized carbons (Fsp3) is 0.348. The van der Waals surface area contributed by atoms with Crippen LogP contribution in [0.5, 0.6) is 0 Å². The van der Waals surface area contributed by atoms with Gasteiger partial charge in [0.25, 0.3) is 0 Å². The van der Waals surface area contributed by atoms with Crippen molar-refractivity contribution < 1.29 is 29.0 Å². The Balaban J connectivity index is 1.52. The lowest BCUT2D eigenvalue weighted by Crippen LogP contribution is -2.46. The van der Waals surface area contributed by atoms with Crippen LogP contribution in [0, 0.1) is 0 Å². The number of hydrogen-bond acceptors (Lipinski definition) is 5. The molecule has 0 bridgehead atoms. The zero-order valence-electron chi connectivity index (χ0n) is 17.5. The van der Waals surface area contributed by atoms with Crippen LogP contribution in [0.2, 0.25) is 0 Å². The summed E-state index contributed by atoms with van der Waals surface area (Å²) in [6, 6.07) is 14.4. The van der Waals surface area contributed by atoms with E-state index in [0.717, 1.165) is 22.3 Å². The molecule has 2 aromatic rings. The number of hydrogen-bond donors (Lipinski definition) is 3. The first-order valence-corrected chi connectivity index (χ1v) is 10.0. The number of carbonyl (C=O) groups excluding carboxylic acids is 2. The number of methoxy groups -OCH3 is 1. The van der Waals surface area contributed by atoms with Gasteiger partial charge in [-0.2, -0.15) is 0 Å². The molecule has 0 fully saturated rings. The molecule has 3 N–H and O–H groups in total. The van der Waals surface area contributed by atoms with Crippen LogP contribution < -0.4 is 10.6 Å². The SMILES string of the molecule is COC[C@H](NC(=O)C[C@@H](C)NC(=O)OCC1c2ccccc2-c2ccccc21)C(=O)O. The van der Waals surface area contributed by atoms with Gasteiger partial charge in [-0.15, -0.1) is 0 Å². The van der Waals surface area contributed by atoms with Crippen LogP contribution in [0.3, 0.4) is 0 Å². The second-order valence-electron chi connectivity index (χ2n) is 7.49. The third kappa shape index (κ3) is 5.40. The maximum atomic E-state index is 12.3. The van der Waals surface area contributed by atoms with Crippen molar-refractivity contribution in [3.8, 4) is 11.1 Å². The van der Waals surface area contributed by atoms with Crippen LogP contribution in [0.25, 0.3) is 11.1 Å². The second kappa shape index (κ2) is 10.1. The van der Waals surface area contributed by atoms with Crippen LogP contribution >= 0.6 is 0 Å². The quantitative estimate of drug-likeness (QED) is 0.568. The Hall–Kier alpha value is -3.39. The van der Waals surface area contributed by atoms with E-state index in [-0.39, 0.29) is 25.6 Å². The molecule has 0 unspecified atom stereocenters. The first kappa shape index (κ1) is 22.3. The molecule has 0 radical (unpaired) electrons. The van der Waals surface area contributed by atoms with Gasteiger partial charge in [0, 0.05) is 25.5 Å². The van der Waals surface area contributed by atoms with E-state index < -0.39 is 30.1 Å². The van der Waals surface area contributed by atoms with E-state index >= 15 is 0 Å². The highest BCUT2D eigenvalue weighted by molar-refractivity contribution is 5.84. The lowest BCUT2D eigenvalue weighted by molar-refractivity contribution is -0.143. The van der Waals surface area contributed by atoms with E-state index in [9.17, 15) is 14.4 Å². The summed E-state index contributed by atoms with van der Waals surface area (Å²) in [6.45, 7) is 1.68. The van der Waals surface area contributed by atoms with Crippen molar-refractivity contribution in [1.29, 1.82) is 0 Å². The number of nitrogens with one attached hydrogen (secondary N) is 2. The van der Waals surface area contributed by atoms with Gasteiger partial charge in [-0.1, -0.05) is 48.5 Å². The van der Waals surface area contributed by atoms with Gasteiger partial charge in [-0.25, -0.2) is 9.59 Å². The molecule has 2 aromatic carbocycles. The average molecular weight is 426 g/mol. The molecule has 3 rings (SSSR count). The van der Waals surface area contributed by atoms with Crippen molar-refractivity contribution in [1.82, 2.24) is 10.6 Å². The fourth-order valence-corrected chi connectivity index (χ4v) is 3.77. The highest BCUT2D eigenvalue weighted by atomic mass is 16.5. The lowest BCUT2D eigenvalue weighted by atomic mass is 9.98. The molecule has 0 saturated heterocycles. The minimum atomic E-state index is -1.19. The van der Waals surface area contributed by atoms with E-state index in [1.807, 2.05) is 36.4 Å². The van der Waals surface area contributed by atoms with Gasteiger partial charge in [0.05, 0.1) is 6.61 Å². The van der Waals surface area contributed by atoms with Gasteiger partial charge >= 0.3 is 12.1 Å². The van der Waals surface area contributed by atoms with E-state index in [1.165, 1.54) is 7.11 Å². The number of amides is 2. The normalized spacial score (nSPS) is 14.1. The molecule has 8 heteroatoms. The standard InChI is InChI=1S/C23H26N2O6/c1-14(11-21(26)25-20(13-30-2)22(27)28)24-23(29)31-12-19-17-9-5-3-7-15(17)16-8-4-6-10-18(16)19/h3-10,14,19-20H,11-13H2,1-2H3,(H,24,29)(H,25,26)(H,27,28)/t14-,20+/m1/s1. The van der Waals surface area contributed by atoms with Gasteiger partial charge < -0.3 is 25.2 Å². The van der Waals surface area contributed by atoms with Gasteiger partial charge in [-0.05, 0) is 29.2 Å². The third-order valence-corrected chi connectivity index (χ3v) is 5.17. The van der Waals surface area contributed by atoms with Crippen LogP contribution in [0.1, 0.15) is 30.4 Å². The Morgan fingerprint density at radius 3 is 2.13 bits per heavy atom. The van der Waals surface area contributed by atoms with Crippen molar-refractivity contribution in [2.24, 2.45) is 0 Å². The van der Waals surface area contributed by atoms with Crippen molar-refractivity contribution in [2.45, 2.75) is 31.3 Å². The van der Waals surface area contributed by atoms with Gasteiger partial charge in [0.15, 0.2) is 6.04 Å². The molecule has 1 aliphatic rings. The summed E-state index contributed by atoms with van der Waals surface area (Å²) < 4.78 is 10.2. The molecule has 0 aromatic heterocycles. The summed E-state index contributed by atoms with van der Waals surface area (Å²) in [5, 5.41) is 14.0. The highest BCUT2D eigenvalue weighted by Crippen LogP contribution is 2.44. The summed E-state index contributed by atoms with van der Waals surface area (Å²) in [5.41, 5.74) is 4.51. The van der Waals surface area contributed by atoms with E-state index in [1.54, 1.807) is 6.92 Å². The van der Waals surface area contributed by atoms with Crippen molar-refractivity contribution in [3.05, 3.63) is 59.7 Å². The highest BCUT2D eigenvalue weighted by Gasteiger charge is 2.29. The number of alkyl carbamates (subject to hydrolysis) is 1. The Labute approximate surface area is 180 Å². The molecule has 164 valence electrons. The number of carboxylic acids is 1. The molecule has 2 atom stereocenters. The third-order valence-electron chi connectivity index (χ3n) is 5.17. The predicted octanol–water partition coefficient (Wildman–Crippen LogP) is 2.52. The van der Waals surface area contributed by atoms with E-state index in [2.05, 4.69) is 22.8 Å². The number of fused-ring (bicyclic) bond motifs is 3. The van der Waals surface area contributed by atoms with E-state index in [4.69, 9.17) is 14.6 Å². The number of ether oxygens (including phenoxy) is 2. The summed E-state index contributed by atoms with van der Waals surface area (Å²) >= 11 is 0. The molecular formula is C23H26N2O6. The molecule has 0 saturated carbocycles. The zero-order valence-corrected chi connectivity index (χ0v) is 17.5. The number of rotatable bonds is 9. The first-order valence-electron chi connectivity index (χ1n) is 10.0. The number of aliphatic carboxylic acids is 1. The minimum Gasteiger partial charge on any atom is -0.480 e. The van der Waals surface area contributed by atoms with Gasteiger partial charge in [0.2, 0.25) is 5.91 Å². The van der Waals surface area contributed by atoms with Crippen LogP contribution in [0.15, 0.2) is 48.5 Å². The van der Waals surface area contributed by atoms with E-state index in [0.29, 0.717) is 0 Å². The minimum absolute atomic E-state index is 0.0536. The number of carbonyl (C=O) groups is 3. The largest absolute Gasteiger partial charge is 0.480 e. The van der Waals surface area contributed by atoms with Gasteiger partial charge in [-0.3, -0.25) is 4.79 Å². The molecular weight excluding hydrogens is 400 g/mol. The lowest BCUT2D eigenvalue weighted by Gasteiger charge is -2.18. The Bertz CT molecular complexity index is 915. The molecule has 31 heavy (non-hydrogen) atoms. The predicted molar refractivity (Wildman–Crippen MR) is 114 cm³/mol. The summed E-state index contributed by atoms with van der Waals surface area (Å²) in [7, 11) is 1.35. The number of benzene rings is 2. The number of carboxylic acid groups (broad SMARTS) is 1.